The van der Waals surface area contributed by atoms with Crippen LogP contribution in [0.4, 0.5) is 0 Å². The number of amides is 1. The smallest absolute Gasteiger partial charge is 0.261 e. The van der Waals surface area contributed by atoms with E-state index in [4.69, 9.17) is 4.74 Å². The van der Waals surface area contributed by atoms with E-state index in [0.717, 1.165) is 23.4 Å². The third-order valence-corrected chi connectivity index (χ3v) is 4.31. The lowest BCUT2D eigenvalue weighted by molar-refractivity contribution is 0.0937. The summed E-state index contributed by atoms with van der Waals surface area (Å²) in [5, 5.41) is 2.85. The van der Waals surface area contributed by atoms with Crippen LogP contribution in [0.5, 0.6) is 5.75 Å². The van der Waals surface area contributed by atoms with Gasteiger partial charge in [0, 0.05) is 18.2 Å². The molecular formula is C19H22N2O3. The van der Waals surface area contributed by atoms with Gasteiger partial charge in [0.2, 0.25) is 0 Å². The van der Waals surface area contributed by atoms with Gasteiger partial charge < -0.3 is 15.0 Å². The molecule has 1 aliphatic rings. The van der Waals surface area contributed by atoms with Crippen LogP contribution in [0.2, 0.25) is 0 Å². The van der Waals surface area contributed by atoms with Crippen LogP contribution in [-0.2, 0) is 6.42 Å². The van der Waals surface area contributed by atoms with Crippen LogP contribution in [0.1, 0.15) is 41.4 Å². The highest BCUT2D eigenvalue weighted by Crippen LogP contribution is 2.26. The zero-order chi connectivity index (χ0) is 17.1. The minimum Gasteiger partial charge on any atom is -0.493 e. The Bertz CT molecular complexity index is 795. The fraction of sp³-hybridized carbons (Fsp3) is 0.368. The van der Waals surface area contributed by atoms with E-state index < -0.39 is 0 Å². The normalized spacial score (nSPS) is 16.4. The van der Waals surface area contributed by atoms with Crippen molar-refractivity contribution in [3.63, 3.8) is 0 Å². The fourth-order valence-electron chi connectivity index (χ4n) is 2.86. The Kier molecular flexibility index (Phi) is 4.69. The largest absolute Gasteiger partial charge is 0.493 e. The zero-order valence-electron chi connectivity index (χ0n) is 14.0. The standard InChI is InChI=1S/C19H22N2O3/c1-12(2)16-8-7-15(19(23)21-16)18(22)20-10-13-9-14-5-3-4-6-17(14)24-11-13/h3-8,12-13H,9-11H2,1-2H3,(H,20,22)(H,21,23)/t13-/m0/s1. The number of pyridine rings is 1. The Hall–Kier alpha value is -2.56. The Balaban J connectivity index is 1.61. The van der Waals surface area contributed by atoms with Crippen molar-refractivity contribution < 1.29 is 9.53 Å². The monoisotopic (exact) mass is 326 g/mol. The average molecular weight is 326 g/mol. The highest BCUT2D eigenvalue weighted by molar-refractivity contribution is 5.93. The molecule has 0 spiro atoms. The van der Waals surface area contributed by atoms with Crippen LogP contribution >= 0.6 is 0 Å². The summed E-state index contributed by atoms with van der Waals surface area (Å²) >= 11 is 0. The molecule has 2 aromatic rings. The minimum absolute atomic E-state index is 0.150. The SMILES string of the molecule is CC(C)c1ccc(C(=O)NC[C@H]2COc3ccccc3C2)c(=O)[nH]1. The first-order chi connectivity index (χ1) is 11.5. The summed E-state index contributed by atoms with van der Waals surface area (Å²) in [5.74, 6) is 0.998. The van der Waals surface area contributed by atoms with Crippen molar-refractivity contribution in [3.8, 4) is 5.75 Å². The summed E-state index contributed by atoms with van der Waals surface area (Å²) in [6.07, 6.45) is 0.860. The maximum Gasteiger partial charge on any atom is 0.261 e. The van der Waals surface area contributed by atoms with Crippen LogP contribution in [0, 0.1) is 5.92 Å². The van der Waals surface area contributed by atoms with Crippen LogP contribution in [0.25, 0.3) is 0 Å². The highest BCUT2D eigenvalue weighted by Gasteiger charge is 2.21. The number of H-pyrrole nitrogens is 1. The number of aromatic nitrogens is 1. The summed E-state index contributed by atoms with van der Waals surface area (Å²) in [5.41, 5.74) is 1.79. The predicted octanol–water partition coefficient (Wildman–Crippen LogP) is 2.48. The Morgan fingerprint density at radius 2 is 2.08 bits per heavy atom. The van der Waals surface area contributed by atoms with E-state index in [9.17, 15) is 9.59 Å². The molecule has 1 aromatic heterocycles. The molecule has 1 atom stereocenters. The lowest BCUT2D eigenvalue weighted by Crippen LogP contribution is -2.37. The quantitative estimate of drug-likeness (QED) is 0.907. The van der Waals surface area contributed by atoms with Crippen molar-refractivity contribution in [2.75, 3.05) is 13.2 Å². The van der Waals surface area contributed by atoms with E-state index in [1.165, 1.54) is 0 Å². The molecule has 1 aromatic carbocycles. The second-order valence-corrected chi connectivity index (χ2v) is 6.51. The first kappa shape index (κ1) is 16.3. The first-order valence-corrected chi connectivity index (χ1v) is 8.26. The van der Waals surface area contributed by atoms with Crippen LogP contribution in [-0.4, -0.2) is 24.0 Å². The van der Waals surface area contributed by atoms with Crippen LogP contribution in [0.3, 0.4) is 0 Å². The lowest BCUT2D eigenvalue weighted by Gasteiger charge is -2.25. The molecule has 1 amide bonds. The molecule has 0 bridgehead atoms. The number of carbonyl (C=O) groups is 1. The zero-order valence-corrected chi connectivity index (χ0v) is 14.0. The Morgan fingerprint density at radius 1 is 1.29 bits per heavy atom. The molecule has 0 fully saturated rings. The van der Waals surface area contributed by atoms with Crippen molar-refractivity contribution in [2.45, 2.75) is 26.2 Å². The lowest BCUT2D eigenvalue weighted by atomic mass is 9.96. The van der Waals surface area contributed by atoms with Gasteiger partial charge in [-0.25, -0.2) is 0 Å². The molecular weight excluding hydrogens is 304 g/mol. The molecule has 5 nitrogen and oxygen atoms in total. The van der Waals surface area contributed by atoms with E-state index in [1.54, 1.807) is 12.1 Å². The van der Waals surface area contributed by atoms with Crippen molar-refractivity contribution in [1.29, 1.82) is 0 Å². The Morgan fingerprint density at radius 3 is 2.83 bits per heavy atom. The predicted molar refractivity (Wildman–Crippen MR) is 92.6 cm³/mol. The molecule has 24 heavy (non-hydrogen) atoms. The van der Waals surface area contributed by atoms with Crippen LogP contribution < -0.4 is 15.6 Å². The number of benzene rings is 1. The van der Waals surface area contributed by atoms with Gasteiger partial charge in [0.05, 0.1) is 6.61 Å². The molecule has 1 aliphatic heterocycles. The van der Waals surface area contributed by atoms with Gasteiger partial charge in [-0.15, -0.1) is 0 Å². The van der Waals surface area contributed by atoms with Gasteiger partial charge in [0.25, 0.3) is 11.5 Å². The summed E-state index contributed by atoms with van der Waals surface area (Å²) in [7, 11) is 0. The van der Waals surface area contributed by atoms with E-state index >= 15 is 0 Å². The van der Waals surface area contributed by atoms with Gasteiger partial charge >= 0.3 is 0 Å². The summed E-state index contributed by atoms with van der Waals surface area (Å²) in [6, 6.07) is 11.3. The topological polar surface area (TPSA) is 71.2 Å². The van der Waals surface area contributed by atoms with Crippen LogP contribution in [0.15, 0.2) is 41.2 Å². The molecule has 5 heteroatoms. The summed E-state index contributed by atoms with van der Waals surface area (Å²) < 4.78 is 5.72. The number of fused-ring (bicyclic) bond motifs is 1. The molecule has 0 radical (unpaired) electrons. The number of aromatic amines is 1. The molecule has 0 aliphatic carbocycles. The first-order valence-electron chi connectivity index (χ1n) is 8.26. The van der Waals surface area contributed by atoms with Gasteiger partial charge in [-0.2, -0.15) is 0 Å². The third kappa shape index (κ3) is 3.50. The number of ether oxygens (including phenoxy) is 1. The van der Waals surface area contributed by atoms with Gasteiger partial charge in [-0.05, 0) is 36.1 Å². The van der Waals surface area contributed by atoms with Crippen molar-refractivity contribution in [1.82, 2.24) is 10.3 Å². The number of hydrogen-bond donors (Lipinski definition) is 2. The maximum atomic E-state index is 12.3. The van der Waals surface area contributed by atoms with Crippen molar-refractivity contribution >= 4 is 5.91 Å². The molecule has 3 rings (SSSR count). The average Bonchev–Trinajstić information content (AvgIpc) is 2.59. The number of nitrogens with one attached hydrogen (secondary N) is 2. The summed E-state index contributed by atoms with van der Waals surface area (Å²) in [4.78, 5) is 27.1. The van der Waals surface area contributed by atoms with E-state index in [-0.39, 0.29) is 28.9 Å². The van der Waals surface area contributed by atoms with Gasteiger partial charge in [-0.3, -0.25) is 9.59 Å². The van der Waals surface area contributed by atoms with Gasteiger partial charge in [0.1, 0.15) is 11.3 Å². The van der Waals surface area contributed by atoms with E-state index in [0.29, 0.717) is 13.2 Å². The second kappa shape index (κ2) is 6.91. The summed E-state index contributed by atoms with van der Waals surface area (Å²) in [6.45, 7) is 5.04. The molecule has 0 saturated carbocycles. The van der Waals surface area contributed by atoms with Crippen molar-refractivity contribution in [3.05, 3.63) is 63.6 Å². The Labute approximate surface area is 141 Å². The molecule has 0 saturated heterocycles. The number of hydrogen-bond acceptors (Lipinski definition) is 3. The highest BCUT2D eigenvalue weighted by atomic mass is 16.5. The van der Waals surface area contributed by atoms with Gasteiger partial charge in [0.15, 0.2) is 0 Å². The fourth-order valence-corrected chi connectivity index (χ4v) is 2.86. The van der Waals surface area contributed by atoms with E-state index in [2.05, 4.69) is 10.3 Å². The number of rotatable bonds is 4. The molecule has 0 unspecified atom stereocenters. The number of para-hydroxylation sites is 1. The van der Waals surface area contributed by atoms with Gasteiger partial charge in [-0.1, -0.05) is 32.0 Å². The second-order valence-electron chi connectivity index (χ2n) is 6.51. The van der Waals surface area contributed by atoms with Crippen molar-refractivity contribution in [2.24, 2.45) is 5.92 Å². The minimum atomic E-state index is -0.344. The molecule has 2 heterocycles. The maximum absolute atomic E-state index is 12.3. The number of carbonyl (C=O) groups excluding carboxylic acids is 1. The third-order valence-electron chi connectivity index (χ3n) is 4.31. The molecule has 126 valence electrons. The van der Waals surface area contributed by atoms with E-state index in [1.807, 2.05) is 38.1 Å². The molecule has 2 N–H and O–H groups in total.